The number of ether oxygens (including phenoxy) is 1. The van der Waals surface area contributed by atoms with Gasteiger partial charge in [0.05, 0.1) is 17.6 Å². The minimum atomic E-state index is -0.631. The van der Waals surface area contributed by atoms with Crippen molar-refractivity contribution >= 4 is 40.0 Å². The molecule has 39 heavy (non-hydrogen) atoms. The molecule has 2 N–H and O–H groups in total. The first-order valence-electron chi connectivity index (χ1n) is 13.2. The van der Waals surface area contributed by atoms with Gasteiger partial charge in [-0.15, -0.1) is 0 Å². The van der Waals surface area contributed by atoms with Gasteiger partial charge in [-0.25, -0.2) is 9.59 Å². The van der Waals surface area contributed by atoms with E-state index in [1.54, 1.807) is 42.0 Å². The lowest BCUT2D eigenvalue weighted by Gasteiger charge is -2.19. The second-order valence-electron chi connectivity index (χ2n) is 10.6. The molecule has 9 nitrogen and oxygen atoms in total. The maximum Gasteiger partial charge on any atom is 0.412 e. The van der Waals surface area contributed by atoms with Crippen LogP contribution in [-0.2, 0) is 23.1 Å². The number of aldehydes is 1. The Morgan fingerprint density at radius 3 is 2.49 bits per heavy atom. The molecule has 4 rings (SSSR count). The van der Waals surface area contributed by atoms with Gasteiger partial charge in [0.2, 0.25) is 0 Å². The smallest absolute Gasteiger partial charge is 0.412 e. The quantitative estimate of drug-likeness (QED) is 0.288. The summed E-state index contributed by atoms with van der Waals surface area (Å²) in [5.74, 6) is 0. The number of benzene rings is 2. The SMILES string of the molecule is CCCC(CC=O)n1c(=O)n(Cc2cn(C)c3cccc(C)c23)c2cc(NC(=O)OC(C)(C)C)ccc21.CO. The van der Waals surface area contributed by atoms with Gasteiger partial charge in [-0.05, 0) is 69.5 Å². The van der Waals surface area contributed by atoms with Crippen LogP contribution < -0.4 is 11.0 Å². The number of aromatic nitrogens is 3. The summed E-state index contributed by atoms with van der Waals surface area (Å²) in [6, 6.07) is 11.3. The number of carbonyl (C=O) groups is 2. The Morgan fingerprint density at radius 1 is 1.13 bits per heavy atom. The summed E-state index contributed by atoms with van der Waals surface area (Å²) in [5, 5.41) is 10.9. The normalized spacial score (nSPS) is 12.2. The standard InChI is InChI=1S/C29H36N4O4.CH4O/c1-7-9-22(14-15-34)33-23-13-12-21(30-27(35)37-29(3,4)5)16-25(23)32(28(33)36)18-20-17-31(6)24-11-8-10-19(2)26(20)24;1-2/h8,10-13,15-17,22H,7,9,14,18H2,1-6H3,(H,30,35);2H,1H3. The second-order valence-corrected chi connectivity index (χ2v) is 10.6. The minimum Gasteiger partial charge on any atom is -0.444 e. The lowest BCUT2D eigenvalue weighted by Crippen LogP contribution is -2.28. The highest BCUT2D eigenvalue weighted by molar-refractivity contribution is 5.90. The fraction of sp³-hybridized carbons (Fsp3) is 0.433. The lowest BCUT2D eigenvalue weighted by molar-refractivity contribution is -0.108. The van der Waals surface area contributed by atoms with Crippen molar-refractivity contribution < 1.29 is 19.4 Å². The van der Waals surface area contributed by atoms with Crippen molar-refractivity contribution in [2.75, 3.05) is 12.4 Å². The van der Waals surface area contributed by atoms with E-state index in [0.29, 0.717) is 24.2 Å². The Kier molecular flexibility index (Phi) is 9.40. The van der Waals surface area contributed by atoms with Crippen LogP contribution in [0.3, 0.4) is 0 Å². The highest BCUT2D eigenvalue weighted by atomic mass is 16.6. The molecule has 0 fully saturated rings. The summed E-state index contributed by atoms with van der Waals surface area (Å²) < 4.78 is 11.0. The zero-order valence-electron chi connectivity index (χ0n) is 23.9. The van der Waals surface area contributed by atoms with E-state index >= 15 is 0 Å². The molecule has 2 heterocycles. The number of rotatable bonds is 8. The van der Waals surface area contributed by atoms with Gasteiger partial charge in [-0.3, -0.25) is 14.5 Å². The van der Waals surface area contributed by atoms with Gasteiger partial charge in [-0.2, -0.15) is 0 Å². The van der Waals surface area contributed by atoms with Crippen molar-refractivity contribution in [3.05, 3.63) is 64.2 Å². The van der Waals surface area contributed by atoms with Gasteiger partial charge in [0, 0.05) is 49.4 Å². The second kappa shape index (κ2) is 12.3. The van der Waals surface area contributed by atoms with Gasteiger partial charge in [0.15, 0.2) is 0 Å². The largest absolute Gasteiger partial charge is 0.444 e. The number of fused-ring (bicyclic) bond motifs is 2. The molecule has 0 saturated carbocycles. The topological polar surface area (TPSA) is 107 Å². The van der Waals surface area contributed by atoms with Crippen LogP contribution in [0, 0.1) is 6.92 Å². The highest BCUT2D eigenvalue weighted by Gasteiger charge is 2.23. The van der Waals surface area contributed by atoms with E-state index < -0.39 is 11.7 Å². The predicted octanol–water partition coefficient (Wildman–Crippen LogP) is 5.54. The monoisotopic (exact) mass is 536 g/mol. The van der Waals surface area contributed by atoms with E-state index in [0.717, 1.165) is 47.4 Å². The third kappa shape index (κ3) is 6.42. The van der Waals surface area contributed by atoms with Crippen LogP contribution in [-0.4, -0.2) is 43.9 Å². The number of aliphatic hydroxyl groups is 1. The third-order valence-corrected chi connectivity index (χ3v) is 6.59. The van der Waals surface area contributed by atoms with Crippen molar-refractivity contribution in [2.24, 2.45) is 7.05 Å². The molecule has 0 aliphatic carbocycles. The molecule has 2 aromatic carbocycles. The third-order valence-electron chi connectivity index (χ3n) is 6.59. The first kappa shape index (κ1) is 29.7. The number of hydrogen-bond donors (Lipinski definition) is 2. The van der Waals surface area contributed by atoms with Crippen molar-refractivity contribution in [2.45, 2.75) is 72.1 Å². The summed E-state index contributed by atoms with van der Waals surface area (Å²) in [5.41, 5.74) is 4.43. The summed E-state index contributed by atoms with van der Waals surface area (Å²) in [4.78, 5) is 37.9. The Bertz CT molecular complexity index is 1520. The van der Waals surface area contributed by atoms with Gasteiger partial charge in [0.25, 0.3) is 0 Å². The molecule has 0 aliphatic heterocycles. The number of anilines is 1. The molecule has 0 saturated heterocycles. The first-order valence-corrected chi connectivity index (χ1v) is 13.2. The number of hydrogen-bond acceptors (Lipinski definition) is 5. The number of nitrogens with zero attached hydrogens (tertiary/aromatic N) is 3. The lowest BCUT2D eigenvalue weighted by atomic mass is 10.1. The average Bonchev–Trinajstić information content (AvgIpc) is 3.33. The van der Waals surface area contributed by atoms with E-state index in [9.17, 15) is 14.4 Å². The highest BCUT2D eigenvalue weighted by Crippen LogP contribution is 2.29. The van der Waals surface area contributed by atoms with Crippen LogP contribution in [0.15, 0.2) is 47.4 Å². The van der Waals surface area contributed by atoms with Gasteiger partial charge < -0.3 is 19.2 Å². The maximum atomic E-state index is 13.9. The summed E-state index contributed by atoms with van der Waals surface area (Å²) in [6.07, 6.45) is 4.20. The fourth-order valence-corrected chi connectivity index (χ4v) is 5.10. The summed E-state index contributed by atoms with van der Waals surface area (Å²) in [6.45, 7) is 9.90. The molecule has 2 aromatic heterocycles. The van der Waals surface area contributed by atoms with E-state index in [1.165, 1.54) is 0 Å². The van der Waals surface area contributed by atoms with Crippen LogP contribution in [0.2, 0.25) is 0 Å². The zero-order valence-corrected chi connectivity index (χ0v) is 23.9. The molecule has 0 aliphatic rings. The number of aliphatic hydroxyl groups excluding tert-OH is 1. The van der Waals surface area contributed by atoms with E-state index in [4.69, 9.17) is 9.84 Å². The van der Waals surface area contributed by atoms with Crippen LogP contribution in [0.25, 0.3) is 21.9 Å². The fourth-order valence-electron chi connectivity index (χ4n) is 5.10. The van der Waals surface area contributed by atoms with E-state index in [-0.39, 0.29) is 18.2 Å². The van der Waals surface area contributed by atoms with Crippen LogP contribution in [0.4, 0.5) is 10.5 Å². The van der Waals surface area contributed by atoms with Crippen LogP contribution in [0.5, 0.6) is 0 Å². The Hall–Kier alpha value is -3.85. The van der Waals surface area contributed by atoms with Crippen LogP contribution in [0.1, 0.15) is 64.1 Å². The molecule has 4 aromatic rings. The van der Waals surface area contributed by atoms with Crippen molar-refractivity contribution in [3.63, 3.8) is 0 Å². The molecule has 1 atom stereocenters. The molecule has 0 spiro atoms. The van der Waals surface area contributed by atoms with Crippen molar-refractivity contribution in [1.82, 2.24) is 13.7 Å². The zero-order chi connectivity index (χ0) is 28.9. The van der Waals surface area contributed by atoms with Gasteiger partial charge in [0.1, 0.15) is 11.9 Å². The van der Waals surface area contributed by atoms with E-state index in [2.05, 4.69) is 35.1 Å². The number of nitrogens with one attached hydrogen (secondary N) is 1. The Balaban J connectivity index is 0.00000205. The molecule has 1 amide bonds. The molecular weight excluding hydrogens is 496 g/mol. The molecule has 9 heteroatoms. The number of imidazole rings is 1. The predicted molar refractivity (Wildman–Crippen MR) is 156 cm³/mol. The minimum absolute atomic E-state index is 0.171. The van der Waals surface area contributed by atoms with Gasteiger partial charge in [-0.1, -0.05) is 25.5 Å². The number of aryl methyl sites for hydroxylation is 2. The molecular formula is C30H40N4O5. The number of amides is 1. The van der Waals surface area contributed by atoms with Gasteiger partial charge >= 0.3 is 11.8 Å². The summed E-state index contributed by atoms with van der Waals surface area (Å²) in [7, 11) is 3.00. The van der Waals surface area contributed by atoms with Crippen molar-refractivity contribution in [3.8, 4) is 0 Å². The average molecular weight is 537 g/mol. The van der Waals surface area contributed by atoms with E-state index in [1.807, 2.05) is 26.1 Å². The van der Waals surface area contributed by atoms with Crippen LogP contribution >= 0.6 is 0 Å². The number of carbonyl (C=O) groups excluding carboxylic acids is 2. The van der Waals surface area contributed by atoms with Crippen molar-refractivity contribution in [1.29, 1.82) is 0 Å². The summed E-state index contributed by atoms with van der Waals surface area (Å²) >= 11 is 0. The molecule has 0 radical (unpaired) electrons. The Labute approximate surface area is 229 Å². The Morgan fingerprint density at radius 2 is 1.85 bits per heavy atom. The first-order chi connectivity index (χ1) is 18.5. The molecule has 0 bridgehead atoms. The molecule has 210 valence electrons. The maximum absolute atomic E-state index is 13.9. The molecule has 1 unspecified atom stereocenters.